The summed E-state index contributed by atoms with van der Waals surface area (Å²) in [6.45, 7) is 3.59. The van der Waals surface area contributed by atoms with E-state index in [1.165, 1.54) is 19.0 Å². The second-order valence-corrected chi connectivity index (χ2v) is 10.9. The van der Waals surface area contributed by atoms with Crippen molar-refractivity contribution in [1.82, 2.24) is 20.3 Å². The van der Waals surface area contributed by atoms with Crippen molar-refractivity contribution in [3.8, 4) is 5.75 Å². The van der Waals surface area contributed by atoms with Crippen LogP contribution in [0.2, 0.25) is 5.02 Å². The summed E-state index contributed by atoms with van der Waals surface area (Å²) in [4.78, 5) is 34.6. The highest BCUT2D eigenvalue weighted by Gasteiger charge is 2.59. The molecule has 2 amide bonds. The first-order valence-electron chi connectivity index (χ1n) is 12.3. The molecule has 2 saturated heterocycles. The number of fused-ring (bicyclic) bond motifs is 5. The molecule has 2 unspecified atom stereocenters. The van der Waals surface area contributed by atoms with E-state index in [9.17, 15) is 9.59 Å². The lowest BCUT2D eigenvalue weighted by molar-refractivity contribution is 0.0629. The molecule has 1 aromatic heterocycles. The van der Waals surface area contributed by atoms with Crippen molar-refractivity contribution in [2.75, 3.05) is 43.6 Å². The van der Waals surface area contributed by atoms with Crippen LogP contribution in [-0.4, -0.2) is 59.4 Å². The van der Waals surface area contributed by atoms with E-state index < -0.39 is 0 Å². The van der Waals surface area contributed by atoms with Crippen LogP contribution in [0, 0.1) is 29.6 Å². The number of halogens is 1. The number of aromatic nitrogens is 1. The van der Waals surface area contributed by atoms with E-state index in [0.29, 0.717) is 58.2 Å². The molecular formula is C25H31ClN6O3. The molecule has 5 aliphatic rings. The first kappa shape index (κ1) is 21.3. The summed E-state index contributed by atoms with van der Waals surface area (Å²) in [6, 6.07) is 7.34. The molecule has 0 bridgehead atoms. The molecule has 7 rings (SSSR count). The van der Waals surface area contributed by atoms with Crippen LogP contribution < -0.4 is 21.1 Å². The van der Waals surface area contributed by atoms with Crippen LogP contribution >= 0.6 is 11.6 Å². The molecule has 4 heterocycles. The summed E-state index contributed by atoms with van der Waals surface area (Å²) in [5, 5.41) is 0.440. The van der Waals surface area contributed by atoms with Crippen molar-refractivity contribution < 1.29 is 17.2 Å². The van der Waals surface area contributed by atoms with Gasteiger partial charge in [0.15, 0.2) is 0 Å². The van der Waals surface area contributed by atoms with E-state index in [1.807, 2.05) is 28.0 Å². The zero-order valence-corrected chi connectivity index (χ0v) is 19.9. The Hall–Kier alpha value is -3.04. The topological polar surface area (TPSA) is 98.8 Å². The number of amides is 2. The molecule has 0 spiro atoms. The molecule has 2 aromatic rings. The van der Waals surface area contributed by atoms with Gasteiger partial charge < -0.3 is 25.4 Å². The maximum Gasteiger partial charge on any atom is 0.272 e. The number of ether oxygens (including phenoxy) is 1. The average molecular weight is 499 g/mol. The van der Waals surface area contributed by atoms with Crippen molar-refractivity contribution in [2.24, 2.45) is 29.6 Å². The standard InChI is InChI=1S/C25H27ClN6O3.2H2/c26-19-7-27-22(6-23(19)35-12-13-1-2-13)25(34)32-10-17-15-8-31(9-16(15)18(17)11-32)24(33)14-3-4-20-21(5-14)29-30-28-20;;/h3-7,13,15-18,28-30H,1-2,8-12H2;2*1H/t15-,16+,17?,18?;;. The van der Waals surface area contributed by atoms with Crippen molar-refractivity contribution >= 4 is 34.8 Å². The zero-order chi connectivity index (χ0) is 23.7. The van der Waals surface area contributed by atoms with Crippen molar-refractivity contribution in [3.05, 3.63) is 46.7 Å². The summed E-state index contributed by atoms with van der Waals surface area (Å²) in [5.41, 5.74) is 11.7. The molecule has 1 aromatic carbocycles. The van der Waals surface area contributed by atoms with Gasteiger partial charge in [-0.1, -0.05) is 11.6 Å². The maximum absolute atomic E-state index is 13.2. The number of likely N-dealkylation sites (tertiary alicyclic amines) is 2. The minimum absolute atomic E-state index is 0. The number of nitrogens with one attached hydrogen (secondary N) is 3. The van der Waals surface area contributed by atoms with Gasteiger partial charge in [0.25, 0.3) is 11.8 Å². The van der Waals surface area contributed by atoms with Crippen molar-refractivity contribution in [3.63, 3.8) is 0 Å². The fourth-order valence-corrected chi connectivity index (χ4v) is 6.40. The first-order chi connectivity index (χ1) is 17.0. The third-order valence-corrected chi connectivity index (χ3v) is 8.65. The molecule has 2 aliphatic carbocycles. The number of anilines is 2. The average Bonchev–Trinajstić information content (AvgIpc) is 3.27. The summed E-state index contributed by atoms with van der Waals surface area (Å²) >= 11 is 6.24. The first-order valence-corrected chi connectivity index (χ1v) is 12.7. The van der Waals surface area contributed by atoms with Gasteiger partial charge in [-0.15, -0.1) is 5.53 Å². The molecule has 9 nitrogen and oxygen atoms in total. The monoisotopic (exact) mass is 498 g/mol. The van der Waals surface area contributed by atoms with Gasteiger partial charge in [0.05, 0.1) is 24.2 Å². The fourth-order valence-electron chi connectivity index (χ4n) is 6.25. The Morgan fingerprint density at radius 2 is 1.63 bits per heavy atom. The summed E-state index contributed by atoms with van der Waals surface area (Å²) < 4.78 is 5.83. The third-order valence-electron chi connectivity index (χ3n) is 8.37. The SMILES string of the molecule is O=C(c1ccc2c(c1)NNN2)N1C[C@@H]2C3CN(C(=O)c4cc(OCC5CC5)c(Cl)cn4)CC3[C@@H]2C1.[HH].[HH]. The number of hydrogen-bond acceptors (Lipinski definition) is 7. The Labute approximate surface area is 211 Å². The molecule has 35 heavy (non-hydrogen) atoms. The second kappa shape index (κ2) is 7.99. The van der Waals surface area contributed by atoms with E-state index in [1.54, 1.807) is 6.07 Å². The van der Waals surface area contributed by atoms with Gasteiger partial charge in [-0.05, 0) is 60.6 Å². The van der Waals surface area contributed by atoms with E-state index in [0.717, 1.165) is 37.6 Å². The molecule has 4 atom stereocenters. The Morgan fingerprint density at radius 3 is 2.31 bits per heavy atom. The number of nitrogens with zero attached hydrogens (tertiary/aromatic N) is 3. The number of rotatable bonds is 5. The van der Waals surface area contributed by atoms with Crippen LogP contribution in [0.15, 0.2) is 30.5 Å². The minimum Gasteiger partial charge on any atom is -0.492 e. The van der Waals surface area contributed by atoms with Crippen LogP contribution in [-0.2, 0) is 0 Å². The fraction of sp³-hybridized carbons (Fsp3) is 0.480. The van der Waals surface area contributed by atoms with Crippen molar-refractivity contribution in [2.45, 2.75) is 12.8 Å². The lowest BCUT2D eigenvalue weighted by Crippen LogP contribution is -2.44. The van der Waals surface area contributed by atoms with Crippen LogP contribution in [0.1, 0.15) is 36.5 Å². The highest BCUT2D eigenvalue weighted by atomic mass is 35.5. The normalized spacial score (nSPS) is 27.9. The lowest BCUT2D eigenvalue weighted by Gasteiger charge is -2.42. The zero-order valence-electron chi connectivity index (χ0n) is 19.2. The summed E-state index contributed by atoms with van der Waals surface area (Å²) in [7, 11) is 0. The molecule has 0 radical (unpaired) electrons. The maximum atomic E-state index is 13.2. The smallest absolute Gasteiger partial charge is 0.272 e. The van der Waals surface area contributed by atoms with Gasteiger partial charge in [-0.25, -0.2) is 4.98 Å². The second-order valence-electron chi connectivity index (χ2n) is 10.5. The van der Waals surface area contributed by atoms with Gasteiger partial charge in [0.1, 0.15) is 16.5 Å². The van der Waals surface area contributed by atoms with E-state index in [-0.39, 0.29) is 14.7 Å². The molecule has 4 fully saturated rings. The van der Waals surface area contributed by atoms with E-state index >= 15 is 0 Å². The number of hydrazine groups is 2. The predicted molar refractivity (Wildman–Crippen MR) is 134 cm³/mol. The van der Waals surface area contributed by atoms with Crippen molar-refractivity contribution in [1.29, 1.82) is 0 Å². The summed E-state index contributed by atoms with van der Waals surface area (Å²) in [5.74, 6) is 2.94. The number of benzene rings is 1. The number of pyridine rings is 1. The molecule has 3 N–H and O–H groups in total. The minimum atomic E-state index is -0.0637. The Kier molecular flexibility index (Phi) is 4.86. The highest BCUT2D eigenvalue weighted by Crippen LogP contribution is 2.54. The third kappa shape index (κ3) is 3.60. The lowest BCUT2D eigenvalue weighted by atomic mass is 9.60. The molecule has 2 saturated carbocycles. The molecular weight excluding hydrogens is 468 g/mol. The van der Waals surface area contributed by atoms with Crippen LogP contribution in [0.25, 0.3) is 0 Å². The van der Waals surface area contributed by atoms with Gasteiger partial charge in [-0.3, -0.25) is 9.59 Å². The molecule has 186 valence electrons. The van der Waals surface area contributed by atoms with Gasteiger partial charge >= 0.3 is 0 Å². The van der Waals surface area contributed by atoms with Gasteiger partial charge in [0, 0.05) is 40.7 Å². The largest absolute Gasteiger partial charge is 0.492 e. The van der Waals surface area contributed by atoms with Gasteiger partial charge in [0.2, 0.25) is 0 Å². The number of hydrogen-bond donors (Lipinski definition) is 3. The highest BCUT2D eigenvalue weighted by molar-refractivity contribution is 6.32. The predicted octanol–water partition coefficient (Wildman–Crippen LogP) is 3.36. The van der Waals surface area contributed by atoms with Crippen LogP contribution in [0.4, 0.5) is 11.4 Å². The van der Waals surface area contributed by atoms with Crippen LogP contribution in [0.5, 0.6) is 5.75 Å². The number of carbonyl (C=O) groups excluding carboxylic acids is 2. The summed E-state index contributed by atoms with van der Waals surface area (Å²) in [6.07, 6.45) is 3.90. The van der Waals surface area contributed by atoms with Crippen LogP contribution in [0.3, 0.4) is 0 Å². The number of carbonyl (C=O) groups is 2. The van der Waals surface area contributed by atoms with E-state index in [2.05, 4.69) is 21.4 Å². The Balaban J connectivity index is 0.00000140. The Bertz CT molecular complexity index is 1210. The van der Waals surface area contributed by atoms with Gasteiger partial charge in [-0.2, -0.15) is 0 Å². The van der Waals surface area contributed by atoms with E-state index in [4.69, 9.17) is 16.3 Å². The quantitative estimate of drug-likeness (QED) is 0.581. The molecule has 3 aliphatic heterocycles. The molecule has 10 heteroatoms. The Morgan fingerprint density at radius 1 is 0.971 bits per heavy atom.